The van der Waals surface area contributed by atoms with Crippen molar-refractivity contribution in [3.63, 3.8) is 0 Å². The summed E-state index contributed by atoms with van der Waals surface area (Å²) in [5.41, 5.74) is 2.26. The normalized spacial score (nSPS) is 23.4. The lowest BCUT2D eigenvalue weighted by atomic mass is 9.78. The highest BCUT2D eigenvalue weighted by Crippen LogP contribution is 2.31. The summed E-state index contributed by atoms with van der Waals surface area (Å²) in [7, 11) is 0. The van der Waals surface area contributed by atoms with Gasteiger partial charge in [-0.1, -0.05) is 62.7 Å². The SMILES string of the molecule is CCn1c(S[C@H](C)C(=O)N[C@H]2CCC[C@@H](C)[C@@H]2C)nnc1-c1ccccc1C. The van der Waals surface area contributed by atoms with Crippen LogP contribution < -0.4 is 5.32 Å². The van der Waals surface area contributed by atoms with Crippen molar-refractivity contribution in [1.82, 2.24) is 20.1 Å². The third-order valence-corrected chi connectivity index (χ3v) is 7.19. The summed E-state index contributed by atoms with van der Waals surface area (Å²) in [4.78, 5) is 12.8. The Balaban J connectivity index is 1.71. The Morgan fingerprint density at radius 3 is 2.75 bits per heavy atom. The average molecular weight is 401 g/mol. The van der Waals surface area contributed by atoms with E-state index in [9.17, 15) is 4.79 Å². The van der Waals surface area contributed by atoms with Crippen LogP contribution in [0.4, 0.5) is 0 Å². The zero-order chi connectivity index (χ0) is 20.3. The highest BCUT2D eigenvalue weighted by Gasteiger charge is 2.30. The molecule has 1 aliphatic rings. The molecule has 1 aromatic heterocycles. The first-order chi connectivity index (χ1) is 13.4. The zero-order valence-corrected chi connectivity index (χ0v) is 18.4. The largest absolute Gasteiger partial charge is 0.352 e. The molecule has 1 fully saturated rings. The first-order valence-corrected chi connectivity index (χ1v) is 11.3. The van der Waals surface area contributed by atoms with Crippen LogP contribution in [0.3, 0.4) is 0 Å². The smallest absolute Gasteiger partial charge is 0.233 e. The van der Waals surface area contributed by atoms with Crippen molar-refractivity contribution in [3.8, 4) is 11.4 Å². The summed E-state index contributed by atoms with van der Waals surface area (Å²) in [6.45, 7) is 11.4. The number of carbonyl (C=O) groups is 1. The van der Waals surface area contributed by atoms with Gasteiger partial charge in [-0.15, -0.1) is 10.2 Å². The van der Waals surface area contributed by atoms with Crippen molar-refractivity contribution in [2.75, 3.05) is 0 Å². The van der Waals surface area contributed by atoms with Gasteiger partial charge in [0, 0.05) is 18.2 Å². The first kappa shape index (κ1) is 20.9. The molecular formula is C22H32N4OS. The minimum atomic E-state index is -0.205. The van der Waals surface area contributed by atoms with Crippen molar-refractivity contribution in [1.29, 1.82) is 0 Å². The molecule has 4 atom stereocenters. The maximum Gasteiger partial charge on any atom is 0.233 e. The van der Waals surface area contributed by atoms with Gasteiger partial charge in [-0.3, -0.25) is 4.79 Å². The van der Waals surface area contributed by atoms with Gasteiger partial charge < -0.3 is 9.88 Å². The van der Waals surface area contributed by atoms with Gasteiger partial charge in [0.15, 0.2) is 11.0 Å². The van der Waals surface area contributed by atoms with Crippen molar-refractivity contribution in [3.05, 3.63) is 29.8 Å². The van der Waals surface area contributed by atoms with Crippen molar-refractivity contribution in [2.45, 2.75) is 76.9 Å². The van der Waals surface area contributed by atoms with Crippen LogP contribution >= 0.6 is 11.8 Å². The van der Waals surface area contributed by atoms with E-state index in [1.54, 1.807) is 0 Å². The fraction of sp³-hybridized carbons (Fsp3) is 0.591. The summed E-state index contributed by atoms with van der Waals surface area (Å²) < 4.78 is 2.10. The molecule has 0 spiro atoms. The number of amides is 1. The Morgan fingerprint density at radius 1 is 1.29 bits per heavy atom. The van der Waals surface area contributed by atoms with E-state index in [0.717, 1.165) is 29.5 Å². The second-order valence-electron chi connectivity index (χ2n) is 8.01. The number of nitrogens with zero attached hydrogens (tertiary/aromatic N) is 3. The third-order valence-electron chi connectivity index (χ3n) is 6.10. The van der Waals surface area contributed by atoms with E-state index in [-0.39, 0.29) is 17.2 Å². The molecule has 1 aromatic carbocycles. The Kier molecular flexibility index (Phi) is 6.81. The zero-order valence-electron chi connectivity index (χ0n) is 17.6. The number of aromatic nitrogens is 3. The highest BCUT2D eigenvalue weighted by atomic mass is 32.2. The van der Waals surface area contributed by atoms with Crippen LogP contribution in [-0.4, -0.2) is 32.0 Å². The number of hydrogen-bond donors (Lipinski definition) is 1. The predicted octanol–water partition coefficient (Wildman–Crippen LogP) is 4.69. The van der Waals surface area contributed by atoms with E-state index in [1.165, 1.54) is 30.2 Å². The molecule has 1 aliphatic carbocycles. The molecule has 3 rings (SSSR count). The van der Waals surface area contributed by atoms with E-state index in [4.69, 9.17) is 0 Å². The Labute approximate surface area is 172 Å². The molecule has 1 amide bonds. The molecule has 1 N–H and O–H groups in total. The first-order valence-electron chi connectivity index (χ1n) is 10.4. The molecule has 1 saturated carbocycles. The van der Waals surface area contributed by atoms with Gasteiger partial charge in [-0.2, -0.15) is 0 Å². The molecule has 0 unspecified atom stereocenters. The van der Waals surface area contributed by atoms with Gasteiger partial charge in [0.1, 0.15) is 0 Å². The molecule has 1 heterocycles. The lowest BCUT2D eigenvalue weighted by Crippen LogP contribution is -2.46. The third kappa shape index (κ3) is 4.43. The fourth-order valence-electron chi connectivity index (χ4n) is 3.98. The van der Waals surface area contributed by atoms with Gasteiger partial charge in [0.2, 0.25) is 5.91 Å². The lowest BCUT2D eigenvalue weighted by Gasteiger charge is -2.35. The Bertz CT molecular complexity index is 819. The molecule has 0 bridgehead atoms. The summed E-state index contributed by atoms with van der Waals surface area (Å²) in [5.74, 6) is 2.16. The van der Waals surface area contributed by atoms with E-state index in [2.05, 4.69) is 59.9 Å². The minimum Gasteiger partial charge on any atom is -0.352 e. The second-order valence-corrected chi connectivity index (χ2v) is 9.32. The molecule has 5 nitrogen and oxygen atoms in total. The number of nitrogens with one attached hydrogen (secondary N) is 1. The Hall–Kier alpha value is -1.82. The molecule has 6 heteroatoms. The summed E-state index contributed by atoms with van der Waals surface area (Å²) >= 11 is 1.49. The van der Waals surface area contributed by atoms with Crippen molar-refractivity contribution in [2.24, 2.45) is 11.8 Å². The number of rotatable bonds is 6. The minimum absolute atomic E-state index is 0.0963. The van der Waals surface area contributed by atoms with Crippen LogP contribution in [0.25, 0.3) is 11.4 Å². The molecular weight excluding hydrogens is 368 g/mol. The molecule has 28 heavy (non-hydrogen) atoms. The van der Waals surface area contributed by atoms with Crippen LogP contribution in [0.15, 0.2) is 29.4 Å². The number of aryl methyl sites for hydroxylation is 1. The quantitative estimate of drug-likeness (QED) is 0.714. The second kappa shape index (κ2) is 9.12. The van der Waals surface area contributed by atoms with E-state index in [1.807, 2.05) is 19.1 Å². The van der Waals surface area contributed by atoms with Crippen molar-refractivity contribution < 1.29 is 4.79 Å². The van der Waals surface area contributed by atoms with Gasteiger partial charge in [-0.05, 0) is 44.6 Å². The summed E-state index contributed by atoms with van der Waals surface area (Å²) in [6.07, 6.45) is 3.54. The number of hydrogen-bond acceptors (Lipinski definition) is 4. The maximum absolute atomic E-state index is 12.8. The van der Waals surface area contributed by atoms with Crippen LogP contribution in [0.1, 0.15) is 52.5 Å². The van der Waals surface area contributed by atoms with Crippen LogP contribution in [0, 0.1) is 18.8 Å². The lowest BCUT2D eigenvalue weighted by molar-refractivity contribution is -0.121. The standard InChI is InChI=1S/C22H32N4OS/c1-6-26-20(18-12-8-7-10-15(18)3)24-25-22(26)28-17(5)21(27)23-19-13-9-11-14(2)16(19)4/h7-8,10,12,14,16-17,19H,6,9,11,13H2,1-5H3,(H,23,27)/t14-,16+,17-,19+/m1/s1. The molecule has 0 aliphatic heterocycles. The molecule has 0 saturated heterocycles. The van der Waals surface area contributed by atoms with E-state index < -0.39 is 0 Å². The monoisotopic (exact) mass is 400 g/mol. The predicted molar refractivity (Wildman–Crippen MR) is 115 cm³/mol. The number of benzene rings is 1. The molecule has 152 valence electrons. The van der Waals surface area contributed by atoms with Gasteiger partial charge in [0.25, 0.3) is 0 Å². The summed E-state index contributed by atoms with van der Waals surface area (Å²) in [5, 5.41) is 12.7. The van der Waals surface area contributed by atoms with Gasteiger partial charge >= 0.3 is 0 Å². The fourth-order valence-corrected chi connectivity index (χ4v) is 4.90. The van der Waals surface area contributed by atoms with Gasteiger partial charge in [0.05, 0.1) is 5.25 Å². The van der Waals surface area contributed by atoms with Crippen molar-refractivity contribution >= 4 is 17.7 Å². The van der Waals surface area contributed by atoms with E-state index in [0.29, 0.717) is 11.8 Å². The highest BCUT2D eigenvalue weighted by molar-refractivity contribution is 8.00. The van der Waals surface area contributed by atoms with Gasteiger partial charge in [-0.25, -0.2) is 0 Å². The Morgan fingerprint density at radius 2 is 2.04 bits per heavy atom. The van der Waals surface area contributed by atoms with E-state index >= 15 is 0 Å². The molecule has 0 radical (unpaired) electrons. The van der Waals surface area contributed by atoms with Crippen LogP contribution in [0.5, 0.6) is 0 Å². The van der Waals surface area contributed by atoms with Crippen LogP contribution in [0.2, 0.25) is 0 Å². The average Bonchev–Trinajstić information content (AvgIpc) is 3.08. The maximum atomic E-state index is 12.8. The number of thioether (sulfide) groups is 1. The summed E-state index contributed by atoms with van der Waals surface area (Å²) in [6, 6.07) is 8.49. The topological polar surface area (TPSA) is 59.8 Å². The molecule has 2 aromatic rings. The van der Waals surface area contributed by atoms with Crippen LogP contribution in [-0.2, 0) is 11.3 Å². The number of carbonyl (C=O) groups excluding carboxylic acids is 1.